The molecular weight excluding hydrogens is 466 g/mol. The summed E-state index contributed by atoms with van der Waals surface area (Å²) in [5, 5.41) is 15.0. The lowest BCUT2D eigenvalue weighted by atomic mass is 9.73. The summed E-state index contributed by atoms with van der Waals surface area (Å²) in [4.78, 5) is 20.9. The summed E-state index contributed by atoms with van der Waals surface area (Å²) in [6.45, 7) is 2.00. The van der Waals surface area contributed by atoms with Gasteiger partial charge in [-0.15, -0.1) is 0 Å². The summed E-state index contributed by atoms with van der Waals surface area (Å²) in [5.41, 5.74) is -2.10. The molecule has 0 saturated heterocycles. The Morgan fingerprint density at radius 2 is 1.71 bits per heavy atom. The van der Waals surface area contributed by atoms with Gasteiger partial charge in [0.05, 0.1) is 22.9 Å². The van der Waals surface area contributed by atoms with Crippen LogP contribution in [0.1, 0.15) is 36.3 Å². The van der Waals surface area contributed by atoms with Gasteiger partial charge in [-0.05, 0) is 61.1 Å². The van der Waals surface area contributed by atoms with Crippen LogP contribution < -0.4 is 10.6 Å². The van der Waals surface area contributed by atoms with Gasteiger partial charge in [-0.1, -0.05) is 12.1 Å². The molecule has 1 fully saturated rings. The third-order valence-corrected chi connectivity index (χ3v) is 5.62. The average molecular weight is 490 g/mol. The summed E-state index contributed by atoms with van der Waals surface area (Å²) in [6, 6.07) is 9.42. The van der Waals surface area contributed by atoms with Crippen LogP contribution in [0.3, 0.4) is 0 Å². The fourth-order valence-electron chi connectivity index (χ4n) is 4.07. The first kappa shape index (κ1) is 28.4. The first-order valence-corrected chi connectivity index (χ1v) is 10.6. The predicted octanol–water partition coefficient (Wildman–Crippen LogP) is 3.55. The highest BCUT2D eigenvalue weighted by Gasteiger charge is 2.37. The van der Waals surface area contributed by atoms with Gasteiger partial charge < -0.3 is 25.3 Å². The summed E-state index contributed by atoms with van der Waals surface area (Å²) < 4.78 is 57.8. The second-order valence-corrected chi connectivity index (χ2v) is 8.15. The van der Waals surface area contributed by atoms with Crippen molar-refractivity contribution in [1.82, 2.24) is 0 Å². The number of ether oxygens (including phenoxy) is 1. The standard InChI is InChI=1S/C22H22B2F4N2O3.CH2O/c1-29-16-5-2-12(3-6-16)13-8-14(10-17(9-13)33-22(23,24)32)20(31)30-19-7-4-15(11-18(19)25)21(26,27)28;1-2/h2-7,11,13-14,17,29,32H,8-10H2,1H3,(H,30,31);1H2. The number of hydrogen-bond donors (Lipinski definition) is 3. The number of halogens is 4. The van der Waals surface area contributed by atoms with E-state index in [1.807, 2.05) is 31.1 Å². The van der Waals surface area contributed by atoms with E-state index in [-0.39, 0.29) is 18.0 Å². The van der Waals surface area contributed by atoms with Crippen LogP contribution in [0.2, 0.25) is 0 Å². The van der Waals surface area contributed by atoms with Crippen molar-refractivity contribution in [3.63, 3.8) is 0 Å². The maximum absolute atomic E-state index is 14.2. The molecule has 1 amide bonds. The van der Waals surface area contributed by atoms with E-state index in [0.717, 1.165) is 17.3 Å². The first-order chi connectivity index (χ1) is 16.4. The van der Waals surface area contributed by atoms with E-state index in [1.54, 1.807) is 7.05 Å². The van der Waals surface area contributed by atoms with Gasteiger partial charge in [0.15, 0.2) is 0 Å². The molecule has 2 aromatic carbocycles. The molecule has 35 heavy (non-hydrogen) atoms. The number of rotatable bonds is 6. The number of carbonyl (C=O) groups is 2. The van der Waals surface area contributed by atoms with E-state index in [4.69, 9.17) is 25.2 Å². The fourth-order valence-corrected chi connectivity index (χ4v) is 4.07. The minimum absolute atomic E-state index is 0.135. The van der Waals surface area contributed by atoms with E-state index in [9.17, 15) is 27.5 Å². The van der Waals surface area contributed by atoms with Crippen molar-refractivity contribution in [3.05, 3.63) is 59.4 Å². The normalized spacial score (nSPS) is 20.3. The minimum atomic E-state index is -4.70. The van der Waals surface area contributed by atoms with E-state index in [2.05, 4.69) is 10.6 Å². The SMILES string of the molecule is C=O.[B]C([B])(O)OC1CC(C(=O)Nc2ccc(C(F)(F)F)cc2F)CC(c2ccc(NC)cc2)C1. The molecule has 1 saturated carbocycles. The second kappa shape index (κ2) is 11.7. The smallest absolute Gasteiger partial charge is 0.388 e. The number of amides is 1. The molecule has 0 bridgehead atoms. The molecule has 0 heterocycles. The highest BCUT2D eigenvalue weighted by atomic mass is 19.4. The molecule has 3 N–H and O–H groups in total. The second-order valence-electron chi connectivity index (χ2n) is 8.15. The number of nitrogens with one attached hydrogen (secondary N) is 2. The van der Waals surface area contributed by atoms with Gasteiger partial charge in [-0.25, -0.2) is 4.39 Å². The van der Waals surface area contributed by atoms with Crippen LogP contribution in [0.25, 0.3) is 0 Å². The third-order valence-electron chi connectivity index (χ3n) is 5.62. The van der Waals surface area contributed by atoms with Gasteiger partial charge in [0.1, 0.15) is 28.3 Å². The summed E-state index contributed by atoms with van der Waals surface area (Å²) >= 11 is 0. The van der Waals surface area contributed by atoms with E-state index in [1.165, 1.54) is 0 Å². The Morgan fingerprint density at radius 3 is 2.23 bits per heavy atom. The maximum atomic E-state index is 14.2. The zero-order valence-electron chi connectivity index (χ0n) is 18.9. The van der Waals surface area contributed by atoms with Crippen molar-refractivity contribution >= 4 is 39.8 Å². The lowest BCUT2D eigenvalue weighted by molar-refractivity contribution is -0.140. The quantitative estimate of drug-likeness (QED) is 0.328. The highest BCUT2D eigenvalue weighted by molar-refractivity contribution is 6.37. The molecule has 4 radical (unpaired) electrons. The van der Waals surface area contributed by atoms with E-state index >= 15 is 0 Å². The maximum Gasteiger partial charge on any atom is 0.416 e. The third kappa shape index (κ3) is 8.10. The Morgan fingerprint density at radius 1 is 1.09 bits per heavy atom. The molecule has 0 spiro atoms. The number of hydrogen-bond acceptors (Lipinski definition) is 5. The molecule has 3 rings (SSSR count). The average Bonchev–Trinajstić information content (AvgIpc) is 2.79. The van der Waals surface area contributed by atoms with Crippen molar-refractivity contribution in [2.45, 2.75) is 43.0 Å². The molecule has 3 atom stereocenters. The van der Waals surface area contributed by atoms with E-state index in [0.29, 0.717) is 25.0 Å². The van der Waals surface area contributed by atoms with E-state index < -0.39 is 41.1 Å². The predicted molar refractivity (Wildman–Crippen MR) is 125 cm³/mol. The van der Waals surface area contributed by atoms with Gasteiger partial charge in [0.25, 0.3) is 0 Å². The van der Waals surface area contributed by atoms with Crippen LogP contribution in [-0.2, 0) is 20.5 Å². The molecule has 1 aliphatic carbocycles. The molecule has 1 aliphatic rings. The molecule has 12 heteroatoms. The monoisotopic (exact) mass is 490 g/mol. The van der Waals surface area contributed by atoms with Crippen molar-refractivity contribution in [2.24, 2.45) is 5.92 Å². The molecule has 0 aliphatic heterocycles. The Hall–Kier alpha value is -2.85. The van der Waals surface area contributed by atoms with Crippen molar-refractivity contribution in [1.29, 1.82) is 0 Å². The Labute approximate surface area is 203 Å². The lowest BCUT2D eigenvalue weighted by Gasteiger charge is -2.37. The Kier molecular flexibility index (Phi) is 9.51. The minimum Gasteiger partial charge on any atom is -0.388 e. The van der Waals surface area contributed by atoms with Crippen LogP contribution in [0.4, 0.5) is 28.9 Å². The van der Waals surface area contributed by atoms with Gasteiger partial charge in [-0.2, -0.15) is 13.2 Å². The Bertz CT molecular complexity index is 1000. The summed E-state index contributed by atoms with van der Waals surface area (Å²) in [6.07, 6.45) is -4.44. The van der Waals surface area contributed by atoms with Crippen LogP contribution in [0.15, 0.2) is 42.5 Å². The zero-order chi connectivity index (χ0) is 26.4. The van der Waals surface area contributed by atoms with Crippen molar-refractivity contribution in [2.75, 3.05) is 17.7 Å². The van der Waals surface area contributed by atoms with Crippen LogP contribution >= 0.6 is 0 Å². The van der Waals surface area contributed by atoms with Crippen LogP contribution in [-0.4, -0.2) is 52.2 Å². The number of alkyl halides is 3. The van der Waals surface area contributed by atoms with Crippen LogP contribution in [0.5, 0.6) is 0 Å². The van der Waals surface area contributed by atoms with Crippen molar-refractivity contribution < 1.29 is 37.0 Å². The molecular formula is C23H24B2F4N2O4. The summed E-state index contributed by atoms with van der Waals surface area (Å²) in [5.74, 6) is -2.64. The zero-order valence-corrected chi connectivity index (χ0v) is 18.9. The molecule has 3 unspecified atom stereocenters. The van der Waals surface area contributed by atoms with Gasteiger partial charge in [0.2, 0.25) is 5.91 Å². The number of anilines is 2. The molecule has 2 aromatic rings. The molecule has 0 aromatic heterocycles. The topological polar surface area (TPSA) is 87.7 Å². The first-order valence-electron chi connectivity index (χ1n) is 10.6. The van der Waals surface area contributed by atoms with Crippen LogP contribution in [0, 0.1) is 11.7 Å². The number of carbonyl (C=O) groups excluding carboxylic acids is 2. The van der Waals surface area contributed by atoms with Gasteiger partial charge in [0, 0.05) is 18.7 Å². The molecule has 6 nitrogen and oxygen atoms in total. The number of aliphatic hydroxyl groups is 1. The van der Waals surface area contributed by atoms with Gasteiger partial charge >= 0.3 is 6.18 Å². The molecule has 184 valence electrons. The van der Waals surface area contributed by atoms with Gasteiger partial charge in [-0.3, -0.25) is 4.79 Å². The fraction of sp³-hybridized carbons (Fsp3) is 0.391. The number of benzene rings is 2. The highest BCUT2D eigenvalue weighted by Crippen LogP contribution is 2.39. The largest absolute Gasteiger partial charge is 0.416 e. The lowest BCUT2D eigenvalue weighted by Crippen LogP contribution is -2.42. The van der Waals surface area contributed by atoms with Crippen molar-refractivity contribution in [3.8, 4) is 0 Å². The Balaban J connectivity index is 0.00000210. The summed E-state index contributed by atoms with van der Waals surface area (Å²) in [7, 11) is 12.5.